The molecule has 0 unspecified atom stereocenters. The number of alkyl halides is 2. The van der Waals surface area contributed by atoms with Crippen LogP contribution < -0.4 is 10.1 Å². The fourth-order valence-corrected chi connectivity index (χ4v) is 5.62. The van der Waals surface area contributed by atoms with E-state index in [-0.39, 0.29) is 31.5 Å². The number of hydrogen-bond donors (Lipinski definition) is 2. The summed E-state index contributed by atoms with van der Waals surface area (Å²) in [5.41, 5.74) is 1.27. The summed E-state index contributed by atoms with van der Waals surface area (Å²) in [5, 5.41) is 23.0. The number of amides is 1. The molecule has 1 amide bonds. The molecule has 226 valence electrons. The number of hydrogen-bond acceptors (Lipinski definition) is 7. The molecule has 1 aliphatic heterocycles. The van der Waals surface area contributed by atoms with Gasteiger partial charge in [0, 0.05) is 36.7 Å². The van der Waals surface area contributed by atoms with Crippen LogP contribution in [0, 0.1) is 17.2 Å². The molecule has 0 bridgehead atoms. The van der Waals surface area contributed by atoms with Gasteiger partial charge in [0.05, 0.1) is 23.5 Å². The van der Waals surface area contributed by atoms with Gasteiger partial charge in [0.1, 0.15) is 12.1 Å². The van der Waals surface area contributed by atoms with Crippen LogP contribution in [0.3, 0.4) is 0 Å². The third-order valence-corrected chi connectivity index (χ3v) is 8.41. The largest absolute Gasteiger partial charge is 0.477 e. The summed E-state index contributed by atoms with van der Waals surface area (Å²) in [5.74, 6) is -2.98. The molecule has 2 N–H and O–H groups in total. The number of fused-ring (bicyclic) bond motifs is 1. The van der Waals surface area contributed by atoms with Gasteiger partial charge in [0.2, 0.25) is 5.88 Å². The number of likely N-dealkylation sites (tertiary alicyclic amines) is 1. The number of aromatic nitrogens is 3. The van der Waals surface area contributed by atoms with Crippen LogP contribution in [0.5, 0.6) is 5.88 Å². The van der Waals surface area contributed by atoms with E-state index in [4.69, 9.17) is 9.84 Å². The van der Waals surface area contributed by atoms with Gasteiger partial charge in [-0.1, -0.05) is 24.3 Å². The number of anilines is 1. The molecule has 1 saturated heterocycles. The van der Waals surface area contributed by atoms with Gasteiger partial charge in [0.25, 0.3) is 5.92 Å². The molecular formula is C32H36F2N6O3. The van der Waals surface area contributed by atoms with Gasteiger partial charge in [-0.2, -0.15) is 10.2 Å². The van der Waals surface area contributed by atoms with Crippen molar-refractivity contribution in [3.63, 3.8) is 0 Å². The van der Waals surface area contributed by atoms with E-state index in [9.17, 15) is 10.1 Å². The molecule has 0 radical (unpaired) electrons. The minimum Gasteiger partial charge on any atom is -0.477 e. The second-order valence-corrected chi connectivity index (χ2v) is 11.3. The number of benzene rings is 1. The Morgan fingerprint density at radius 3 is 2.74 bits per heavy atom. The van der Waals surface area contributed by atoms with Gasteiger partial charge < -0.3 is 20.1 Å². The number of halogens is 2. The smallest absolute Gasteiger partial charge is 0.407 e. The molecule has 2 aliphatic rings. The summed E-state index contributed by atoms with van der Waals surface area (Å²) in [6, 6.07) is 10.8. The Hall–Kier alpha value is -4.33. The van der Waals surface area contributed by atoms with Gasteiger partial charge in [0.15, 0.2) is 5.65 Å². The van der Waals surface area contributed by atoms with Crippen molar-refractivity contribution in [1.29, 1.82) is 5.26 Å². The number of nitriles is 1. The maximum absolute atomic E-state index is 15.4. The van der Waals surface area contributed by atoms with E-state index in [1.165, 1.54) is 23.4 Å². The monoisotopic (exact) mass is 590 g/mol. The van der Waals surface area contributed by atoms with Crippen LogP contribution in [0.1, 0.15) is 61.6 Å². The van der Waals surface area contributed by atoms with Crippen molar-refractivity contribution in [3.8, 4) is 11.9 Å². The van der Waals surface area contributed by atoms with Gasteiger partial charge in [-0.3, -0.25) is 0 Å². The van der Waals surface area contributed by atoms with Crippen molar-refractivity contribution in [2.75, 3.05) is 31.6 Å². The van der Waals surface area contributed by atoms with E-state index in [1.807, 2.05) is 18.2 Å². The predicted octanol–water partition coefficient (Wildman–Crippen LogP) is 6.45. The van der Waals surface area contributed by atoms with E-state index in [0.717, 1.165) is 43.2 Å². The molecule has 1 aliphatic carbocycles. The number of carbonyl (C=O) groups is 1. The maximum Gasteiger partial charge on any atom is 0.407 e. The Balaban J connectivity index is 1.28. The fraction of sp³-hybridized carbons (Fsp3) is 0.469. The molecule has 2 fully saturated rings. The highest BCUT2D eigenvalue weighted by Crippen LogP contribution is 2.51. The van der Waals surface area contributed by atoms with Crippen LogP contribution in [-0.4, -0.2) is 57.3 Å². The minimum atomic E-state index is -3.05. The lowest BCUT2D eigenvalue weighted by molar-refractivity contribution is -0.0836. The second-order valence-electron chi connectivity index (χ2n) is 11.3. The van der Waals surface area contributed by atoms with Crippen LogP contribution in [0.4, 0.5) is 19.4 Å². The van der Waals surface area contributed by atoms with E-state index >= 15 is 8.78 Å². The number of nitrogens with one attached hydrogen (secondary N) is 1. The quantitative estimate of drug-likeness (QED) is 0.172. The number of allylic oxidation sites excluding steroid dienone is 1. The zero-order valence-electron chi connectivity index (χ0n) is 24.1. The molecule has 0 atom stereocenters. The summed E-state index contributed by atoms with van der Waals surface area (Å²) in [6.45, 7) is 4.88. The molecule has 1 aromatic carbocycles. The molecule has 2 aromatic heterocycles. The van der Waals surface area contributed by atoms with Gasteiger partial charge in [-0.25, -0.2) is 23.5 Å². The highest BCUT2D eigenvalue weighted by Gasteiger charge is 2.48. The van der Waals surface area contributed by atoms with Crippen LogP contribution >= 0.6 is 0 Å². The molecule has 43 heavy (non-hydrogen) atoms. The molecule has 11 heteroatoms. The van der Waals surface area contributed by atoms with E-state index in [0.29, 0.717) is 42.3 Å². The summed E-state index contributed by atoms with van der Waals surface area (Å²) in [7, 11) is 0. The lowest BCUT2D eigenvalue weighted by Crippen LogP contribution is -2.41. The van der Waals surface area contributed by atoms with Crippen molar-refractivity contribution in [1.82, 2.24) is 19.9 Å². The normalized spacial score (nSPS) is 16.4. The van der Waals surface area contributed by atoms with Gasteiger partial charge in [-0.05, 0) is 69.1 Å². The Morgan fingerprint density at radius 1 is 1.26 bits per heavy atom. The summed E-state index contributed by atoms with van der Waals surface area (Å²) >= 11 is 0. The average molecular weight is 591 g/mol. The second kappa shape index (κ2) is 12.9. The number of piperidine rings is 1. The Labute approximate surface area is 249 Å². The molecular weight excluding hydrogens is 554 g/mol. The molecule has 3 aromatic rings. The molecule has 3 heterocycles. The van der Waals surface area contributed by atoms with Crippen molar-refractivity contribution in [3.05, 3.63) is 66.0 Å². The van der Waals surface area contributed by atoms with E-state index < -0.39 is 23.3 Å². The molecule has 9 nitrogen and oxygen atoms in total. The first kappa shape index (κ1) is 30.1. The number of carboxylic acid groups (broad SMARTS) is 1. The van der Waals surface area contributed by atoms with Crippen LogP contribution in [0.15, 0.2) is 49.3 Å². The SMILES string of the molecule is C=CCCCCOc1nc2ncnc(NCCc3cccc(C(F)(F)C4CCN(C(=O)O)CC4)c3)c2cc1C1(C#N)CC1. The summed E-state index contributed by atoms with van der Waals surface area (Å²) in [4.78, 5) is 25.8. The summed E-state index contributed by atoms with van der Waals surface area (Å²) in [6.07, 6.45) is 7.12. The van der Waals surface area contributed by atoms with Crippen molar-refractivity contribution in [2.45, 2.75) is 62.7 Å². The third-order valence-electron chi connectivity index (χ3n) is 8.41. The van der Waals surface area contributed by atoms with Crippen molar-refractivity contribution < 1.29 is 23.4 Å². The maximum atomic E-state index is 15.4. The zero-order valence-corrected chi connectivity index (χ0v) is 24.1. The number of unbranched alkanes of at least 4 members (excludes halogenated alkanes) is 2. The van der Waals surface area contributed by atoms with Gasteiger partial charge in [-0.15, -0.1) is 6.58 Å². The highest BCUT2D eigenvalue weighted by molar-refractivity contribution is 5.88. The summed E-state index contributed by atoms with van der Waals surface area (Å²) < 4.78 is 36.8. The first-order valence-corrected chi connectivity index (χ1v) is 14.8. The van der Waals surface area contributed by atoms with Crippen molar-refractivity contribution >= 4 is 22.9 Å². The van der Waals surface area contributed by atoms with Crippen LogP contribution in [-0.2, 0) is 17.8 Å². The standard InChI is InChI=1S/C32H36F2N6O3/c1-2-3-4-5-17-43-29-26(31(20-35)12-13-31)19-25-27(37-21-38-28(25)39-29)36-14-9-22-7-6-8-24(18-22)32(33,34)23-10-15-40(16-11-23)30(41)42/h2,6-8,18-19,21,23H,1,3-5,9-17H2,(H,41,42)(H,36,37,38,39). The Bertz CT molecular complexity index is 1510. The topological polar surface area (TPSA) is 124 Å². The average Bonchev–Trinajstić information content (AvgIpc) is 3.82. The number of nitrogens with zero attached hydrogens (tertiary/aromatic N) is 5. The Kier molecular flexibility index (Phi) is 9.04. The molecule has 1 saturated carbocycles. The first-order valence-electron chi connectivity index (χ1n) is 14.8. The fourth-order valence-electron chi connectivity index (χ4n) is 5.62. The minimum absolute atomic E-state index is 0.0524. The van der Waals surface area contributed by atoms with E-state index in [2.05, 4.69) is 32.9 Å². The van der Waals surface area contributed by atoms with E-state index in [1.54, 1.807) is 6.07 Å². The third kappa shape index (κ3) is 6.69. The highest BCUT2D eigenvalue weighted by atomic mass is 19.3. The zero-order chi connectivity index (χ0) is 30.5. The number of ether oxygens (including phenoxy) is 1. The Morgan fingerprint density at radius 2 is 2.05 bits per heavy atom. The molecule has 0 spiro atoms. The number of rotatable bonds is 13. The predicted molar refractivity (Wildman–Crippen MR) is 158 cm³/mol. The lowest BCUT2D eigenvalue weighted by atomic mass is 9.86. The van der Waals surface area contributed by atoms with Gasteiger partial charge >= 0.3 is 6.09 Å². The van der Waals surface area contributed by atoms with Crippen molar-refractivity contribution in [2.24, 2.45) is 5.92 Å². The van der Waals surface area contributed by atoms with Crippen LogP contribution in [0.2, 0.25) is 0 Å². The van der Waals surface area contributed by atoms with Crippen LogP contribution in [0.25, 0.3) is 11.0 Å². The number of pyridine rings is 1. The lowest BCUT2D eigenvalue weighted by Gasteiger charge is -2.34. The first-order chi connectivity index (χ1) is 20.8. The molecule has 5 rings (SSSR count).